The van der Waals surface area contributed by atoms with Gasteiger partial charge in [-0.15, -0.1) is 0 Å². The normalized spacial score (nSPS) is 10.0. The van der Waals surface area contributed by atoms with Crippen LogP contribution in [0.25, 0.3) is 0 Å². The number of amides is 1. The lowest BCUT2D eigenvalue weighted by Gasteiger charge is -2.05. The Morgan fingerprint density at radius 2 is 2.12 bits per heavy atom. The summed E-state index contributed by atoms with van der Waals surface area (Å²) >= 11 is 9.05. The molecule has 0 saturated carbocycles. The molecule has 0 aromatic carbocycles. The summed E-state index contributed by atoms with van der Waals surface area (Å²) in [4.78, 5) is 19.7. The van der Waals surface area contributed by atoms with Crippen LogP contribution in [0.4, 0.5) is 5.69 Å². The number of carbonyl (C=O) groups is 1. The highest BCUT2D eigenvalue weighted by atomic mass is 79.9. The number of carbonyl (C=O) groups excluding carboxylic acids is 1. The Labute approximate surface area is 111 Å². The van der Waals surface area contributed by atoms with Crippen LogP contribution in [0.15, 0.2) is 41.3 Å². The Morgan fingerprint density at radius 1 is 1.29 bits per heavy atom. The first kappa shape index (κ1) is 12.0. The lowest BCUT2D eigenvalue weighted by atomic mass is 10.2. The van der Waals surface area contributed by atoms with Crippen LogP contribution in [-0.2, 0) is 0 Å². The van der Waals surface area contributed by atoms with E-state index in [1.165, 1.54) is 6.20 Å². The Hall–Kier alpha value is -1.46. The fourth-order valence-electron chi connectivity index (χ4n) is 1.23. The molecule has 0 saturated heterocycles. The van der Waals surface area contributed by atoms with Gasteiger partial charge in [-0.2, -0.15) is 0 Å². The molecule has 4 nitrogen and oxygen atoms in total. The third-order valence-corrected chi connectivity index (χ3v) is 2.72. The van der Waals surface area contributed by atoms with Gasteiger partial charge in [0.1, 0.15) is 9.76 Å². The van der Waals surface area contributed by atoms with Crippen molar-refractivity contribution in [2.45, 2.75) is 0 Å². The third-order valence-electron chi connectivity index (χ3n) is 1.99. The Morgan fingerprint density at radius 3 is 2.82 bits per heavy atom. The summed E-state index contributed by atoms with van der Waals surface area (Å²) in [6.45, 7) is 0. The van der Waals surface area contributed by atoms with Gasteiger partial charge < -0.3 is 5.32 Å². The molecule has 1 N–H and O–H groups in total. The van der Waals surface area contributed by atoms with E-state index in [9.17, 15) is 4.79 Å². The number of pyridine rings is 2. The predicted octanol–water partition coefficient (Wildman–Crippen LogP) is 3.14. The van der Waals surface area contributed by atoms with Crippen molar-refractivity contribution in [1.29, 1.82) is 0 Å². The van der Waals surface area contributed by atoms with E-state index in [1.54, 1.807) is 30.5 Å². The van der Waals surface area contributed by atoms with E-state index in [2.05, 4.69) is 31.2 Å². The van der Waals surface area contributed by atoms with Crippen molar-refractivity contribution in [2.24, 2.45) is 0 Å². The van der Waals surface area contributed by atoms with E-state index < -0.39 is 0 Å². The Bertz CT molecular complexity index is 562. The molecule has 0 aliphatic heterocycles. The summed E-state index contributed by atoms with van der Waals surface area (Å²) in [6.07, 6.45) is 3.12. The zero-order valence-corrected chi connectivity index (χ0v) is 10.9. The van der Waals surface area contributed by atoms with E-state index in [4.69, 9.17) is 11.6 Å². The molecular formula is C11H7BrClN3O. The van der Waals surface area contributed by atoms with Gasteiger partial charge in [-0.25, -0.2) is 9.97 Å². The third kappa shape index (κ3) is 3.01. The van der Waals surface area contributed by atoms with Crippen molar-refractivity contribution in [3.63, 3.8) is 0 Å². The molecule has 2 heterocycles. The van der Waals surface area contributed by atoms with E-state index in [-0.39, 0.29) is 11.1 Å². The number of aromatic nitrogens is 2. The van der Waals surface area contributed by atoms with Crippen LogP contribution in [0.2, 0.25) is 5.15 Å². The zero-order valence-electron chi connectivity index (χ0n) is 8.52. The average Bonchev–Trinajstić information content (AvgIpc) is 2.29. The van der Waals surface area contributed by atoms with Gasteiger partial charge in [0.05, 0.1) is 5.56 Å². The minimum Gasteiger partial charge on any atom is -0.322 e. The van der Waals surface area contributed by atoms with E-state index in [1.807, 2.05) is 0 Å². The van der Waals surface area contributed by atoms with Crippen molar-refractivity contribution in [3.8, 4) is 0 Å². The monoisotopic (exact) mass is 311 g/mol. The molecule has 2 rings (SSSR count). The van der Waals surface area contributed by atoms with Crippen molar-refractivity contribution < 1.29 is 4.79 Å². The Balaban J connectivity index is 2.20. The maximum absolute atomic E-state index is 11.9. The van der Waals surface area contributed by atoms with Crippen LogP contribution in [0.3, 0.4) is 0 Å². The first-order valence-electron chi connectivity index (χ1n) is 4.70. The first-order chi connectivity index (χ1) is 8.16. The van der Waals surface area contributed by atoms with Gasteiger partial charge in [0.2, 0.25) is 0 Å². The molecule has 0 fully saturated rings. The van der Waals surface area contributed by atoms with Crippen molar-refractivity contribution >= 4 is 39.1 Å². The second-order valence-corrected chi connectivity index (χ2v) is 4.33. The van der Waals surface area contributed by atoms with Gasteiger partial charge in [0.25, 0.3) is 5.91 Å². The molecule has 1 amide bonds. The highest BCUT2D eigenvalue weighted by molar-refractivity contribution is 9.10. The zero-order chi connectivity index (χ0) is 12.3. The summed E-state index contributed by atoms with van der Waals surface area (Å²) in [5.74, 6) is -0.304. The summed E-state index contributed by atoms with van der Waals surface area (Å²) in [5.41, 5.74) is 0.971. The maximum atomic E-state index is 11.9. The number of anilines is 1. The number of hydrogen-bond donors (Lipinski definition) is 1. The topological polar surface area (TPSA) is 54.9 Å². The van der Waals surface area contributed by atoms with Gasteiger partial charge >= 0.3 is 0 Å². The number of nitrogens with one attached hydrogen (secondary N) is 1. The predicted molar refractivity (Wildman–Crippen MR) is 69.1 cm³/mol. The van der Waals surface area contributed by atoms with E-state index in [0.29, 0.717) is 15.9 Å². The molecule has 2 aromatic heterocycles. The fraction of sp³-hybridized carbons (Fsp3) is 0. The van der Waals surface area contributed by atoms with Crippen LogP contribution in [0.1, 0.15) is 10.4 Å². The summed E-state index contributed by atoms with van der Waals surface area (Å²) < 4.78 is 0.646. The van der Waals surface area contributed by atoms with Gasteiger partial charge in [-0.1, -0.05) is 11.6 Å². The van der Waals surface area contributed by atoms with Crippen molar-refractivity contribution in [3.05, 3.63) is 52.0 Å². The molecule has 0 radical (unpaired) electrons. The molecule has 0 unspecified atom stereocenters. The van der Waals surface area contributed by atoms with E-state index >= 15 is 0 Å². The van der Waals surface area contributed by atoms with Gasteiger partial charge in [0, 0.05) is 18.1 Å². The molecule has 17 heavy (non-hydrogen) atoms. The summed E-state index contributed by atoms with van der Waals surface area (Å²) in [6, 6.07) is 6.65. The highest BCUT2D eigenvalue weighted by Gasteiger charge is 2.10. The molecule has 86 valence electrons. The van der Waals surface area contributed by atoms with Gasteiger partial charge in [0.15, 0.2) is 0 Å². The molecule has 0 atom stereocenters. The smallest absolute Gasteiger partial charge is 0.258 e. The molecule has 0 bridgehead atoms. The van der Waals surface area contributed by atoms with Crippen LogP contribution >= 0.6 is 27.5 Å². The second kappa shape index (κ2) is 5.25. The largest absolute Gasteiger partial charge is 0.322 e. The highest BCUT2D eigenvalue weighted by Crippen LogP contribution is 2.16. The molecule has 6 heteroatoms. The van der Waals surface area contributed by atoms with Crippen molar-refractivity contribution in [1.82, 2.24) is 9.97 Å². The number of halogens is 2. The quantitative estimate of drug-likeness (QED) is 0.867. The molecular weight excluding hydrogens is 305 g/mol. The molecule has 0 aliphatic carbocycles. The van der Waals surface area contributed by atoms with Gasteiger partial charge in [-0.3, -0.25) is 4.79 Å². The van der Waals surface area contributed by atoms with Crippen molar-refractivity contribution in [2.75, 3.05) is 5.32 Å². The van der Waals surface area contributed by atoms with Crippen LogP contribution < -0.4 is 5.32 Å². The standard InChI is InChI=1S/C11H7BrClN3O/c12-9-6-7(3-5-14-9)16-11(17)8-2-1-4-15-10(8)13/h1-6H,(H,14,16,17). The summed E-state index contributed by atoms with van der Waals surface area (Å²) in [5, 5.41) is 2.89. The maximum Gasteiger partial charge on any atom is 0.258 e. The number of nitrogens with zero attached hydrogens (tertiary/aromatic N) is 2. The number of rotatable bonds is 2. The fourth-order valence-corrected chi connectivity index (χ4v) is 1.80. The SMILES string of the molecule is O=C(Nc1ccnc(Br)c1)c1cccnc1Cl. The first-order valence-corrected chi connectivity index (χ1v) is 5.87. The minimum atomic E-state index is -0.304. The minimum absolute atomic E-state index is 0.179. The molecule has 2 aromatic rings. The second-order valence-electron chi connectivity index (χ2n) is 3.16. The van der Waals surface area contributed by atoms with Crippen LogP contribution in [0, 0.1) is 0 Å². The Kier molecular flexibility index (Phi) is 3.71. The average molecular weight is 313 g/mol. The van der Waals surface area contributed by atoms with Crippen LogP contribution in [0.5, 0.6) is 0 Å². The van der Waals surface area contributed by atoms with Crippen LogP contribution in [-0.4, -0.2) is 15.9 Å². The number of hydrogen-bond acceptors (Lipinski definition) is 3. The molecule has 0 aliphatic rings. The lowest BCUT2D eigenvalue weighted by Crippen LogP contribution is -2.12. The molecule has 0 spiro atoms. The summed E-state index contributed by atoms with van der Waals surface area (Å²) in [7, 11) is 0. The van der Waals surface area contributed by atoms with Gasteiger partial charge in [-0.05, 0) is 40.2 Å². The lowest BCUT2D eigenvalue weighted by molar-refractivity contribution is 0.102. The van der Waals surface area contributed by atoms with E-state index in [0.717, 1.165) is 0 Å².